The van der Waals surface area contributed by atoms with E-state index in [1.165, 1.54) is 6.07 Å². The van der Waals surface area contributed by atoms with E-state index in [0.717, 1.165) is 47.9 Å². The molecule has 0 radical (unpaired) electrons. The van der Waals surface area contributed by atoms with E-state index in [1.807, 2.05) is 36.4 Å². The van der Waals surface area contributed by atoms with Crippen LogP contribution < -0.4 is 9.80 Å². The number of nitrogens with zero attached hydrogens (tertiary/aromatic N) is 2. The maximum atomic E-state index is 14.3. The Labute approximate surface area is 191 Å². The summed E-state index contributed by atoms with van der Waals surface area (Å²) in [5.74, 6) is -0.805. The Bertz CT molecular complexity index is 1140. The van der Waals surface area contributed by atoms with Gasteiger partial charge >= 0.3 is 0 Å². The molecule has 3 aromatic rings. The maximum Gasteiger partial charge on any atom is 0.261 e. The normalized spacial score (nSPS) is 17.1. The molecule has 0 aromatic heterocycles. The lowest BCUT2D eigenvalue weighted by atomic mass is 9.74. The van der Waals surface area contributed by atoms with Gasteiger partial charge in [-0.05, 0) is 73.0 Å². The van der Waals surface area contributed by atoms with Crippen LogP contribution in [0.4, 0.5) is 15.8 Å². The number of benzene rings is 3. The number of amides is 1. The SMILES string of the molecule is O=C(c1ccccc1F)N1CC2(CCN(c3ccc(Cl)cc3)CC2)c2cc(Cl)ccc21. The topological polar surface area (TPSA) is 23.6 Å². The molecule has 0 N–H and O–H groups in total. The highest BCUT2D eigenvalue weighted by atomic mass is 35.5. The van der Waals surface area contributed by atoms with Gasteiger partial charge < -0.3 is 9.80 Å². The Kier molecular flexibility index (Phi) is 5.15. The van der Waals surface area contributed by atoms with Gasteiger partial charge in [-0.25, -0.2) is 4.39 Å². The Hall–Kier alpha value is -2.56. The van der Waals surface area contributed by atoms with Crippen LogP contribution in [0.1, 0.15) is 28.8 Å². The van der Waals surface area contributed by atoms with Crippen molar-refractivity contribution < 1.29 is 9.18 Å². The van der Waals surface area contributed by atoms with E-state index in [1.54, 1.807) is 29.2 Å². The average molecular weight is 455 g/mol. The zero-order valence-electron chi connectivity index (χ0n) is 16.8. The highest BCUT2D eigenvalue weighted by molar-refractivity contribution is 6.31. The van der Waals surface area contributed by atoms with Gasteiger partial charge in [0.15, 0.2) is 0 Å². The standard InChI is InChI=1S/C25H21Cl2FN2O/c26-17-5-8-19(9-6-17)29-13-11-25(12-14-29)16-30(23-10-7-18(27)15-21(23)25)24(31)20-3-1-2-4-22(20)28/h1-10,15H,11-14,16H2. The summed E-state index contributed by atoms with van der Waals surface area (Å²) in [7, 11) is 0. The van der Waals surface area contributed by atoms with Crippen molar-refractivity contribution in [3.05, 3.63) is 93.7 Å². The van der Waals surface area contributed by atoms with Crippen LogP contribution in [-0.2, 0) is 5.41 Å². The van der Waals surface area contributed by atoms with E-state index < -0.39 is 5.82 Å². The minimum Gasteiger partial charge on any atom is -0.371 e. The lowest BCUT2D eigenvalue weighted by Gasteiger charge is -2.41. The first-order valence-electron chi connectivity index (χ1n) is 10.3. The second kappa shape index (κ2) is 7.85. The van der Waals surface area contributed by atoms with Crippen LogP contribution in [0.5, 0.6) is 0 Å². The van der Waals surface area contributed by atoms with Crippen LogP contribution in [-0.4, -0.2) is 25.5 Å². The number of rotatable bonds is 2. The zero-order chi connectivity index (χ0) is 21.6. The fourth-order valence-corrected chi connectivity index (χ4v) is 5.17. The molecule has 0 saturated carbocycles. The van der Waals surface area contributed by atoms with Gasteiger partial charge in [0.2, 0.25) is 0 Å². The first-order chi connectivity index (χ1) is 15.0. The highest BCUT2D eigenvalue weighted by Gasteiger charge is 2.46. The summed E-state index contributed by atoms with van der Waals surface area (Å²) in [6.07, 6.45) is 1.76. The van der Waals surface area contributed by atoms with Gasteiger partial charge in [-0.1, -0.05) is 35.3 Å². The molecule has 1 spiro atoms. The Morgan fingerprint density at radius 2 is 1.58 bits per heavy atom. The van der Waals surface area contributed by atoms with Crippen LogP contribution in [0, 0.1) is 5.82 Å². The van der Waals surface area contributed by atoms with E-state index in [2.05, 4.69) is 4.90 Å². The van der Waals surface area contributed by atoms with Crippen LogP contribution in [0.2, 0.25) is 10.0 Å². The van der Waals surface area contributed by atoms with Crippen molar-refractivity contribution in [2.24, 2.45) is 0 Å². The molecule has 5 rings (SSSR count). The number of hydrogen-bond acceptors (Lipinski definition) is 2. The summed E-state index contributed by atoms with van der Waals surface area (Å²) in [4.78, 5) is 17.4. The summed E-state index contributed by atoms with van der Waals surface area (Å²) in [5.41, 5.74) is 2.96. The molecule has 0 atom stereocenters. The van der Waals surface area contributed by atoms with Crippen molar-refractivity contribution in [2.75, 3.05) is 29.4 Å². The van der Waals surface area contributed by atoms with Crippen molar-refractivity contribution in [1.29, 1.82) is 0 Å². The number of halogens is 3. The van der Waals surface area contributed by atoms with E-state index in [-0.39, 0.29) is 16.9 Å². The van der Waals surface area contributed by atoms with Gasteiger partial charge in [0, 0.05) is 46.5 Å². The molecule has 31 heavy (non-hydrogen) atoms. The van der Waals surface area contributed by atoms with E-state index in [4.69, 9.17) is 23.2 Å². The summed E-state index contributed by atoms with van der Waals surface area (Å²) in [5, 5.41) is 1.37. The number of carbonyl (C=O) groups excluding carboxylic acids is 1. The number of fused-ring (bicyclic) bond motifs is 2. The van der Waals surface area contributed by atoms with Crippen LogP contribution in [0.15, 0.2) is 66.7 Å². The summed E-state index contributed by atoms with van der Waals surface area (Å²) in [6.45, 7) is 2.24. The van der Waals surface area contributed by atoms with Gasteiger partial charge in [-0.2, -0.15) is 0 Å². The molecule has 6 heteroatoms. The number of piperidine rings is 1. The van der Waals surface area contributed by atoms with E-state index in [9.17, 15) is 9.18 Å². The first kappa shape index (κ1) is 20.3. The molecule has 2 heterocycles. The highest BCUT2D eigenvalue weighted by Crippen LogP contribution is 2.48. The molecule has 0 unspecified atom stereocenters. The fourth-order valence-electron chi connectivity index (χ4n) is 4.87. The van der Waals surface area contributed by atoms with Crippen molar-refractivity contribution >= 4 is 40.5 Å². The molecule has 3 nitrogen and oxygen atoms in total. The van der Waals surface area contributed by atoms with Crippen LogP contribution in [0.3, 0.4) is 0 Å². The number of carbonyl (C=O) groups is 1. The molecular weight excluding hydrogens is 434 g/mol. The average Bonchev–Trinajstić information content (AvgIpc) is 3.08. The number of anilines is 2. The molecule has 0 aliphatic carbocycles. The second-order valence-corrected chi connectivity index (χ2v) is 9.15. The monoisotopic (exact) mass is 454 g/mol. The van der Waals surface area contributed by atoms with Crippen molar-refractivity contribution in [3.63, 3.8) is 0 Å². The van der Waals surface area contributed by atoms with E-state index in [0.29, 0.717) is 11.6 Å². The molecule has 2 aliphatic rings. The summed E-state index contributed by atoms with van der Waals surface area (Å²) < 4.78 is 14.3. The molecule has 3 aromatic carbocycles. The minimum atomic E-state index is -0.499. The first-order valence-corrected chi connectivity index (χ1v) is 11.1. The third-order valence-corrected chi connectivity index (χ3v) is 7.03. The van der Waals surface area contributed by atoms with Gasteiger partial charge in [0.1, 0.15) is 5.82 Å². The lowest BCUT2D eigenvalue weighted by molar-refractivity contribution is 0.0979. The number of hydrogen-bond donors (Lipinski definition) is 0. The molecule has 2 aliphatic heterocycles. The van der Waals surface area contributed by atoms with Crippen molar-refractivity contribution in [1.82, 2.24) is 0 Å². The minimum absolute atomic E-state index is 0.0963. The zero-order valence-corrected chi connectivity index (χ0v) is 18.3. The Morgan fingerprint density at radius 1 is 0.903 bits per heavy atom. The van der Waals surface area contributed by atoms with Gasteiger partial charge in [-0.3, -0.25) is 4.79 Å². The molecular formula is C25H21Cl2FN2O. The summed E-state index contributed by atoms with van der Waals surface area (Å²) in [6, 6.07) is 19.7. The molecule has 1 fully saturated rings. The van der Waals surface area contributed by atoms with Crippen LogP contribution >= 0.6 is 23.2 Å². The third kappa shape index (κ3) is 3.58. The van der Waals surface area contributed by atoms with Crippen molar-refractivity contribution in [2.45, 2.75) is 18.3 Å². The predicted octanol–water partition coefficient (Wildman–Crippen LogP) is 6.33. The Morgan fingerprint density at radius 3 is 2.29 bits per heavy atom. The smallest absolute Gasteiger partial charge is 0.261 e. The quantitative estimate of drug-likeness (QED) is 0.451. The largest absolute Gasteiger partial charge is 0.371 e. The van der Waals surface area contributed by atoms with E-state index >= 15 is 0 Å². The molecule has 1 amide bonds. The lowest BCUT2D eigenvalue weighted by Crippen LogP contribution is -2.46. The van der Waals surface area contributed by atoms with Gasteiger partial charge in [0.25, 0.3) is 5.91 Å². The maximum absolute atomic E-state index is 14.3. The fraction of sp³-hybridized carbons (Fsp3) is 0.240. The predicted molar refractivity (Wildman–Crippen MR) is 124 cm³/mol. The van der Waals surface area contributed by atoms with Crippen LogP contribution in [0.25, 0.3) is 0 Å². The molecule has 1 saturated heterocycles. The molecule has 158 valence electrons. The summed E-state index contributed by atoms with van der Waals surface area (Å²) >= 11 is 12.4. The third-order valence-electron chi connectivity index (χ3n) is 6.54. The van der Waals surface area contributed by atoms with Gasteiger partial charge in [0.05, 0.1) is 5.56 Å². The Balaban J connectivity index is 1.46. The van der Waals surface area contributed by atoms with Gasteiger partial charge in [-0.15, -0.1) is 0 Å². The molecule has 0 bridgehead atoms. The van der Waals surface area contributed by atoms with Crippen molar-refractivity contribution in [3.8, 4) is 0 Å². The second-order valence-electron chi connectivity index (χ2n) is 8.28.